The van der Waals surface area contributed by atoms with Gasteiger partial charge in [0, 0.05) is 11.6 Å². The normalized spacial score (nSPS) is 13.3. The SMILES string of the molecule is COc1cc(C(C)O)c(Oc2cnc3nc2N=N3)cc1Cl. The van der Waals surface area contributed by atoms with Crippen LogP contribution in [-0.4, -0.2) is 22.2 Å². The van der Waals surface area contributed by atoms with Gasteiger partial charge in [0.2, 0.25) is 5.82 Å². The summed E-state index contributed by atoms with van der Waals surface area (Å²) in [7, 11) is 1.50. The van der Waals surface area contributed by atoms with Crippen LogP contribution in [0.1, 0.15) is 18.6 Å². The van der Waals surface area contributed by atoms with E-state index in [-0.39, 0.29) is 0 Å². The summed E-state index contributed by atoms with van der Waals surface area (Å²) in [5.74, 6) is 1.80. The molecule has 0 spiro atoms. The number of fused-ring (bicyclic) bond motifs is 2. The summed E-state index contributed by atoms with van der Waals surface area (Å²) in [6.45, 7) is 1.62. The molecule has 0 fully saturated rings. The van der Waals surface area contributed by atoms with Gasteiger partial charge in [0.25, 0.3) is 5.95 Å². The largest absolute Gasteiger partial charge is 0.495 e. The molecule has 1 N–H and O–H groups in total. The first-order valence-electron chi connectivity index (χ1n) is 6.10. The van der Waals surface area contributed by atoms with Gasteiger partial charge in [0.1, 0.15) is 11.5 Å². The molecule has 21 heavy (non-hydrogen) atoms. The van der Waals surface area contributed by atoms with E-state index in [0.29, 0.717) is 39.6 Å². The van der Waals surface area contributed by atoms with Gasteiger partial charge in [-0.2, -0.15) is 4.98 Å². The molecule has 0 aliphatic carbocycles. The van der Waals surface area contributed by atoms with Crippen LogP contribution in [0.3, 0.4) is 0 Å². The lowest BCUT2D eigenvalue weighted by molar-refractivity contribution is 0.195. The minimum atomic E-state index is -0.762. The van der Waals surface area contributed by atoms with Gasteiger partial charge in [-0.05, 0) is 13.0 Å². The van der Waals surface area contributed by atoms with Gasteiger partial charge in [-0.25, -0.2) is 4.98 Å². The number of hydrogen-bond acceptors (Lipinski definition) is 7. The molecule has 8 heteroatoms. The first kappa shape index (κ1) is 13.7. The highest BCUT2D eigenvalue weighted by molar-refractivity contribution is 6.32. The van der Waals surface area contributed by atoms with Gasteiger partial charge >= 0.3 is 0 Å². The van der Waals surface area contributed by atoms with Crippen molar-refractivity contribution in [2.45, 2.75) is 13.0 Å². The van der Waals surface area contributed by atoms with E-state index in [1.807, 2.05) is 0 Å². The van der Waals surface area contributed by atoms with Crippen molar-refractivity contribution in [1.82, 2.24) is 9.97 Å². The Kier molecular flexibility index (Phi) is 3.44. The molecule has 1 aromatic carbocycles. The third-order valence-electron chi connectivity index (χ3n) is 2.91. The first-order valence-corrected chi connectivity index (χ1v) is 6.48. The van der Waals surface area contributed by atoms with Crippen molar-refractivity contribution in [3.8, 4) is 17.2 Å². The Hall–Kier alpha value is -2.25. The van der Waals surface area contributed by atoms with E-state index in [1.165, 1.54) is 13.3 Å². The number of aromatic nitrogens is 2. The topological polar surface area (TPSA) is 89.2 Å². The summed E-state index contributed by atoms with van der Waals surface area (Å²) >= 11 is 6.10. The molecule has 2 heterocycles. The van der Waals surface area contributed by atoms with E-state index in [0.717, 1.165) is 0 Å². The lowest BCUT2D eigenvalue weighted by Gasteiger charge is -2.15. The van der Waals surface area contributed by atoms with Crippen molar-refractivity contribution < 1.29 is 14.6 Å². The first-order chi connectivity index (χ1) is 10.1. The van der Waals surface area contributed by atoms with Crippen LogP contribution in [0.2, 0.25) is 5.02 Å². The summed E-state index contributed by atoms with van der Waals surface area (Å²) in [5.41, 5.74) is 0.530. The number of halogens is 1. The fourth-order valence-electron chi connectivity index (χ4n) is 1.88. The highest BCUT2D eigenvalue weighted by atomic mass is 35.5. The van der Waals surface area contributed by atoms with E-state index in [2.05, 4.69) is 20.2 Å². The quantitative estimate of drug-likeness (QED) is 0.793. The number of ether oxygens (including phenoxy) is 2. The Morgan fingerprint density at radius 3 is 2.71 bits per heavy atom. The molecule has 7 nitrogen and oxygen atoms in total. The summed E-state index contributed by atoms with van der Waals surface area (Å²) < 4.78 is 10.9. The number of aliphatic hydroxyl groups excluding tert-OH is 1. The highest BCUT2D eigenvalue weighted by Crippen LogP contribution is 2.40. The zero-order valence-electron chi connectivity index (χ0n) is 11.2. The summed E-state index contributed by atoms with van der Waals surface area (Å²) in [5, 5.41) is 17.8. The third-order valence-corrected chi connectivity index (χ3v) is 3.21. The molecule has 2 bridgehead atoms. The molecule has 108 valence electrons. The van der Waals surface area contributed by atoms with Gasteiger partial charge in [-0.1, -0.05) is 11.6 Å². The number of hydrogen-bond donors (Lipinski definition) is 1. The smallest absolute Gasteiger partial charge is 0.271 e. The molecule has 1 atom stereocenters. The van der Waals surface area contributed by atoms with Gasteiger partial charge in [-0.15, -0.1) is 10.2 Å². The predicted molar refractivity (Wildman–Crippen MR) is 74.9 cm³/mol. The summed E-state index contributed by atoms with van der Waals surface area (Å²) in [6.07, 6.45) is 0.711. The second-order valence-electron chi connectivity index (χ2n) is 4.36. The van der Waals surface area contributed by atoms with Crippen molar-refractivity contribution in [3.05, 3.63) is 28.9 Å². The number of azo groups is 1. The van der Waals surface area contributed by atoms with Crippen LogP contribution in [0.4, 0.5) is 11.8 Å². The van der Waals surface area contributed by atoms with Crippen molar-refractivity contribution >= 4 is 23.4 Å². The maximum atomic E-state index is 9.88. The average molecular weight is 307 g/mol. The zero-order valence-corrected chi connectivity index (χ0v) is 12.0. The second-order valence-corrected chi connectivity index (χ2v) is 4.77. The Morgan fingerprint density at radius 1 is 1.19 bits per heavy atom. The van der Waals surface area contributed by atoms with Crippen LogP contribution < -0.4 is 9.47 Å². The minimum Gasteiger partial charge on any atom is -0.495 e. The number of methoxy groups -OCH3 is 1. The molecule has 0 radical (unpaired) electrons. The molecular weight excluding hydrogens is 296 g/mol. The molecule has 3 rings (SSSR count). The lowest BCUT2D eigenvalue weighted by atomic mass is 10.1. The van der Waals surface area contributed by atoms with E-state index in [1.54, 1.807) is 19.1 Å². The molecule has 0 amide bonds. The van der Waals surface area contributed by atoms with E-state index in [9.17, 15) is 5.11 Å². The molecule has 2 aromatic rings. The highest BCUT2D eigenvalue weighted by Gasteiger charge is 2.19. The predicted octanol–water partition coefficient (Wildman–Crippen LogP) is 3.71. The molecule has 1 unspecified atom stereocenters. The van der Waals surface area contributed by atoms with Crippen LogP contribution >= 0.6 is 11.6 Å². The lowest BCUT2D eigenvalue weighted by Crippen LogP contribution is -1.98. The Morgan fingerprint density at radius 2 is 2.00 bits per heavy atom. The molecular formula is C13H11ClN4O3. The van der Waals surface area contributed by atoms with Gasteiger partial charge in [0.05, 0.1) is 24.4 Å². The summed E-state index contributed by atoms with van der Waals surface area (Å²) in [4.78, 5) is 7.98. The van der Waals surface area contributed by atoms with E-state index >= 15 is 0 Å². The van der Waals surface area contributed by atoms with Gasteiger partial charge in [0.15, 0.2) is 5.75 Å². The van der Waals surface area contributed by atoms with Gasteiger partial charge < -0.3 is 14.6 Å². The van der Waals surface area contributed by atoms with Crippen molar-refractivity contribution in [2.24, 2.45) is 10.2 Å². The maximum Gasteiger partial charge on any atom is 0.271 e. The Bertz CT molecular complexity index is 734. The average Bonchev–Trinajstić information content (AvgIpc) is 2.84. The van der Waals surface area contributed by atoms with E-state index < -0.39 is 6.10 Å². The van der Waals surface area contributed by atoms with Crippen molar-refractivity contribution in [1.29, 1.82) is 0 Å². The molecule has 0 saturated heterocycles. The van der Waals surface area contributed by atoms with Crippen LogP contribution in [0.15, 0.2) is 28.6 Å². The standard InChI is InChI=1S/C13H11ClN4O3/c1-6(19)7-3-10(20-2)8(14)4-9(7)21-11-5-15-13-16-12(11)17-18-13/h3-6,19H,1-2H3. The summed E-state index contributed by atoms with van der Waals surface area (Å²) in [6, 6.07) is 3.19. The number of aliphatic hydroxyl groups is 1. The van der Waals surface area contributed by atoms with Crippen LogP contribution in [0.5, 0.6) is 17.2 Å². The fourth-order valence-corrected chi connectivity index (χ4v) is 2.11. The number of rotatable bonds is 4. The number of benzene rings is 1. The Labute approximate surface area is 125 Å². The third kappa shape index (κ3) is 2.53. The van der Waals surface area contributed by atoms with Crippen LogP contribution in [0.25, 0.3) is 0 Å². The molecule has 1 aliphatic heterocycles. The van der Waals surface area contributed by atoms with Crippen molar-refractivity contribution in [3.63, 3.8) is 0 Å². The van der Waals surface area contributed by atoms with E-state index in [4.69, 9.17) is 21.1 Å². The second kappa shape index (κ2) is 5.27. The zero-order chi connectivity index (χ0) is 15.0. The van der Waals surface area contributed by atoms with Gasteiger partial charge in [-0.3, -0.25) is 0 Å². The Balaban J connectivity index is 2.02. The molecule has 1 aliphatic rings. The monoisotopic (exact) mass is 306 g/mol. The number of nitrogens with zero attached hydrogens (tertiary/aromatic N) is 4. The fraction of sp³-hybridized carbons (Fsp3) is 0.231. The van der Waals surface area contributed by atoms with Crippen LogP contribution in [-0.2, 0) is 0 Å². The molecule has 0 saturated carbocycles. The van der Waals surface area contributed by atoms with Crippen LogP contribution in [0, 0.1) is 0 Å². The van der Waals surface area contributed by atoms with Crippen molar-refractivity contribution in [2.75, 3.05) is 7.11 Å². The minimum absolute atomic E-state index is 0.292. The molecule has 1 aromatic heterocycles. The maximum absolute atomic E-state index is 9.88.